The van der Waals surface area contributed by atoms with Crippen molar-refractivity contribution in [1.82, 2.24) is 0 Å². The number of carbonyl (C=O) groups excluding carboxylic acids is 1. The number of benzene rings is 1. The lowest BCUT2D eigenvalue weighted by molar-refractivity contribution is 0.389. The van der Waals surface area contributed by atoms with E-state index in [1.165, 1.54) is 17.8 Å². The van der Waals surface area contributed by atoms with Crippen molar-refractivity contribution in [3.63, 3.8) is 0 Å². The van der Waals surface area contributed by atoms with Crippen LogP contribution in [0.5, 0.6) is 11.5 Å². The van der Waals surface area contributed by atoms with Crippen molar-refractivity contribution in [2.45, 2.75) is 11.4 Å². The van der Waals surface area contributed by atoms with Gasteiger partial charge in [-0.15, -0.1) is 11.8 Å². The van der Waals surface area contributed by atoms with E-state index >= 15 is 0 Å². The van der Waals surface area contributed by atoms with Gasteiger partial charge in [-0.2, -0.15) is 0 Å². The first kappa shape index (κ1) is 12.6. The molecule has 0 heterocycles. The summed E-state index contributed by atoms with van der Waals surface area (Å²) in [7, 11) is 3.19. The molecule has 86 valence electrons. The van der Waals surface area contributed by atoms with Gasteiger partial charge in [-0.05, 0) is 18.4 Å². The predicted octanol–water partition coefficient (Wildman–Crippen LogP) is 2.26. The highest BCUT2D eigenvalue weighted by Crippen LogP contribution is 2.37. The van der Waals surface area contributed by atoms with Crippen molar-refractivity contribution in [2.24, 2.45) is 4.99 Å². The fourth-order valence-electron chi connectivity index (χ4n) is 1.43. The van der Waals surface area contributed by atoms with Gasteiger partial charge >= 0.3 is 0 Å². The number of nitrogens with zero attached hydrogens (tertiary/aromatic N) is 1. The predicted molar refractivity (Wildman–Crippen MR) is 63.2 cm³/mol. The average Bonchev–Trinajstić information content (AvgIpc) is 2.34. The lowest BCUT2D eigenvalue weighted by atomic mass is 10.2. The number of ether oxygens (including phenoxy) is 2. The summed E-state index contributed by atoms with van der Waals surface area (Å²) in [5, 5.41) is 0. The second-order valence-corrected chi connectivity index (χ2v) is 3.71. The molecule has 1 rings (SSSR count). The molecule has 4 nitrogen and oxygen atoms in total. The topological polar surface area (TPSA) is 47.9 Å². The summed E-state index contributed by atoms with van der Waals surface area (Å²) in [5.41, 5.74) is 0.845. The van der Waals surface area contributed by atoms with Crippen LogP contribution in [-0.2, 0) is 11.3 Å². The lowest BCUT2D eigenvalue weighted by Crippen LogP contribution is -1.96. The molecule has 0 fully saturated rings. The van der Waals surface area contributed by atoms with E-state index in [4.69, 9.17) is 9.47 Å². The van der Waals surface area contributed by atoms with Gasteiger partial charge in [-0.25, -0.2) is 9.79 Å². The third-order valence-electron chi connectivity index (χ3n) is 2.13. The molecule has 0 aromatic heterocycles. The number of rotatable bonds is 5. The molecule has 0 aliphatic carbocycles. The van der Waals surface area contributed by atoms with Gasteiger partial charge in [0.2, 0.25) is 6.08 Å². The molecule has 0 bridgehead atoms. The first-order valence-electron chi connectivity index (χ1n) is 4.60. The number of thioether (sulfide) groups is 1. The zero-order valence-corrected chi connectivity index (χ0v) is 10.3. The Morgan fingerprint density at radius 2 is 1.94 bits per heavy atom. The molecule has 16 heavy (non-hydrogen) atoms. The van der Waals surface area contributed by atoms with Crippen molar-refractivity contribution >= 4 is 17.8 Å². The summed E-state index contributed by atoms with van der Waals surface area (Å²) < 4.78 is 10.5. The monoisotopic (exact) mass is 239 g/mol. The van der Waals surface area contributed by atoms with E-state index in [0.29, 0.717) is 5.75 Å². The molecule has 0 amide bonds. The summed E-state index contributed by atoms with van der Waals surface area (Å²) >= 11 is 1.53. The van der Waals surface area contributed by atoms with Gasteiger partial charge in [0.15, 0.2) is 0 Å². The van der Waals surface area contributed by atoms with Crippen molar-refractivity contribution in [3.8, 4) is 11.5 Å². The lowest BCUT2D eigenvalue weighted by Gasteiger charge is -2.13. The SMILES string of the molecule is COc1ccc(OC)c(SC)c1CN=C=O. The largest absolute Gasteiger partial charge is 0.496 e. The summed E-state index contributed by atoms with van der Waals surface area (Å²) in [6, 6.07) is 3.63. The maximum Gasteiger partial charge on any atom is 0.235 e. The number of methoxy groups -OCH3 is 2. The summed E-state index contributed by atoms with van der Waals surface area (Å²) in [5.74, 6) is 1.45. The number of aliphatic imine (C=N–C) groups is 1. The second kappa shape index (κ2) is 6.20. The maximum atomic E-state index is 10.2. The molecule has 0 spiro atoms. The Labute approximate surface area is 98.7 Å². The third-order valence-corrected chi connectivity index (χ3v) is 2.98. The normalized spacial score (nSPS) is 9.44. The second-order valence-electron chi connectivity index (χ2n) is 2.89. The van der Waals surface area contributed by atoms with Crippen molar-refractivity contribution in [1.29, 1.82) is 0 Å². The third kappa shape index (κ3) is 2.56. The Bertz CT molecular complexity index is 414. The molecular formula is C11H13NO3S. The highest BCUT2D eigenvalue weighted by molar-refractivity contribution is 7.98. The van der Waals surface area contributed by atoms with E-state index in [1.807, 2.05) is 12.3 Å². The van der Waals surface area contributed by atoms with Crippen LogP contribution in [-0.4, -0.2) is 26.6 Å². The summed E-state index contributed by atoms with van der Waals surface area (Å²) in [6.07, 6.45) is 3.46. The van der Waals surface area contributed by atoms with Crippen molar-refractivity contribution in [2.75, 3.05) is 20.5 Å². The van der Waals surface area contributed by atoms with Gasteiger partial charge in [-0.3, -0.25) is 0 Å². The molecular weight excluding hydrogens is 226 g/mol. The highest BCUT2D eigenvalue weighted by Gasteiger charge is 2.13. The Hall–Kier alpha value is -1.45. The Morgan fingerprint density at radius 3 is 2.44 bits per heavy atom. The van der Waals surface area contributed by atoms with Crippen LogP contribution < -0.4 is 9.47 Å². The number of hydrogen-bond donors (Lipinski definition) is 0. The molecule has 0 unspecified atom stereocenters. The van der Waals surface area contributed by atoms with Gasteiger partial charge in [0, 0.05) is 5.56 Å². The van der Waals surface area contributed by atoms with Gasteiger partial charge < -0.3 is 9.47 Å². The van der Waals surface area contributed by atoms with Crippen molar-refractivity contribution < 1.29 is 14.3 Å². The van der Waals surface area contributed by atoms with E-state index in [9.17, 15) is 4.79 Å². The quantitative estimate of drug-likeness (QED) is 0.449. The number of isocyanates is 1. The van der Waals surface area contributed by atoms with Crippen LogP contribution in [0.3, 0.4) is 0 Å². The van der Waals surface area contributed by atoms with E-state index in [0.717, 1.165) is 16.2 Å². The maximum absolute atomic E-state index is 10.2. The fraction of sp³-hybridized carbons (Fsp3) is 0.364. The first-order chi connectivity index (χ1) is 7.78. The molecule has 5 heteroatoms. The summed E-state index contributed by atoms with van der Waals surface area (Å²) in [6.45, 7) is 0.250. The minimum atomic E-state index is 0.250. The smallest absolute Gasteiger partial charge is 0.235 e. The first-order valence-corrected chi connectivity index (χ1v) is 5.82. The van der Waals surface area contributed by atoms with Crippen LogP contribution in [0.25, 0.3) is 0 Å². The number of hydrogen-bond acceptors (Lipinski definition) is 5. The zero-order valence-electron chi connectivity index (χ0n) is 9.44. The van der Waals surface area contributed by atoms with E-state index in [1.54, 1.807) is 20.3 Å². The summed E-state index contributed by atoms with van der Waals surface area (Å²) in [4.78, 5) is 14.7. The Balaban J connectivity index is 3.29. The minimum Gasteiger partial charge on any atom is -0.496 e. The van der Waals surface area contributed by atoms with E-state index in [-0.39, 0.29) is 6.54 Å². The van der Waals surface area contributed by atoms with Crippen LogP contribution in [0.15, 0.2) is 22.0 Å². The Morgan fingerprint density at radius 1 is 1.31 bits per heavy atom. The molecule has 0 radical (unpaired) electrons. The standard InChI is InChI=1S/C11H13NO3S/c1-14-9-4-5-10(15-2)11(16-3)8(9)6-12-7-13/h4-5H,6H2,1-3H3. The molecule has 0 aliphatic heterocycles. The van der Waals surface area contributed by atoms with Gasteiger partial charge in [0.05, 0.1) is 25.7 Å². The average molecular weight is 239 g/mol. The molecule has 0 aliphatic rings. The fourth-order valence-corrected chi connectivity index (χ4v) is 2.19. The molecule has 0 saturated carbocycles. The molecule has 1 aromatic rings. The van der Waals surface area contributed by atoms with Crippen LogP contribution >= 0.6 is 11.8 Å². The van der Waals surface area contributed by atoms with Crippen LogP contribution in [0.4, 0.5) is 0 Å². The van der Waals surface area contributed by atoms with Crippen LogP contribution in [0.1, 0.15) is 5.56 Å². The Kier molecular flexibility index (Phi) is 4.89. The molecule has 0 atom stereocenters. The molecule has 0 N–H and O–H groups in total. The molecule has 0 saturated heterocycles. The van der Waals surface area contributed by atoms with Gasteiger partial charge in [0.1, 0.15) is 11.5 Å². The zero-order chi connectivity index (χ0) is 12.0. The molecule has 1 aromatic carbocycles. The van der Waals surface area contributed by atoms with Crippen LogP contribution in [0.2, 0.25) is 0 Å². The van der Waals surface area contributed by atoms with Gasteiger partial charge in [-0.1, -0.05) is 0 Å². The van der Waals surface area contributed by atoms with Crippen LogP contribution in [0, 0.1) is 0 Å². The van der Waals surface area contributed by atoms with E-state index < -0.39 is 0 Å². The van der Waals surface area contributed by atoms with Gasteiger partial charge in [0.25, 0.3) is 0 Å². The van der Waals surface area contributed by atoms with E-state index in [2.05, 4.69) is 4.99 Å². The minimum absolute atomic E-state index is 0.250. The highest BCUT2D eigenvalue weighted by atomic mass is 32.2. The van der Waals surface area contributed by atoms with Crippen molar-refractivity contribution in [3.05, 3.63) is 17.7 Å².